The molecular weight excluding hydrogens is 412 g/mol. The highest BCUT2D eigenvalue weighted by Crippen LogP contribution is 2.31. The summed E-state index contributed by atoms with van der Waals surface area (Å²) in [5.74, 6) is 0.647. The van der Waals surface area contributed by atoms with E-state index < -0.39 is 11.2 Å². The van der Waals surface area contributed by atoms with Gasteiger partial charge in [0.1, 0.15) is 22.5 Å². The summed E-state index contributed by atoms with van der Waals surface area (Å²) in [6.07, 6.45) is 6.81. The molecule has 33 heavy (non-hydrogen) atoms. The molecule has 0 bridgehead atoms. The molecule has 176 valence electrons. The lowest BCUT2D eigenvalue weighted by molar-refractivity contribution is -0.0200. The molecule has 0 saturated heterocycles. The lowest BCUT2D eigenvalue weighted by Crippen LogP contribution is -2.38. The average molecular weight is 449 g/mol. The van der Waals surface area contributed by atoms with Crippen molar-refractivity contribution in [2.24, 2.45) is 0 Å². The number of fused-ring (bicyclic) bond motifs is 1. The van der Waals surface area contributed by atoms with Crippen molar-refractivity contribution < 1.29 is 13.9 Å². The summed E-state index contributed by atoms with van der Waals surface area (Å²) >= 11 is 0. The summed E-state index contributed by atoms with van der Waals surface area (Å²) in [4.78, 5) is 12.8. The van der Waals surface area contributed by atoms with Crippen LogP contribution in [-0.2, 0) is 11.2 Å². The fourth-order valence-corrected chi connectivity index (χ4v) is 4.43. The zero-order valence-electron chi connectivity index (χ0n) is 20.6. The fraction of sp³-hybridized carbons (Fsp3) is 0.414. The van der Waals surface area contributed by atoms with Gasteiger partial charge in [-0.1, -0.05) is 50.6 Å². The topological polar surface area (TPSA) is 48.7 Å². The van der Waals surface area contributed by atoms with Crippen LogP contribution < -0.4 is 10.4 Å². The molecule has 0 unspecified atom stereocenters. The van der Waals surface area contributed by atoms with Crippen LogP contribution in [0, 0.1) is 0 Å². The Balaban J connectivity index is 1.80. The van der Waals surface area contributed by atoms with Gasteiger partial charge in [0.2, 0.25) is 0 Å². The van der Waals surface area contributed by atoms with Crippen molar-refractivity contribution in [2.75, 3.05) is 0 Å². The fourth-order valence-electron chi connectivity index (χ4n) is 4.43. The molecule has 2 aromatic carbocycles. The number of hydrogen-bond donors (Lipinski definition) is 0. The molecule has 3 rings (SSSR count). The lowest BCUT2D eigenvalue weighted by Gasteiger charge is -2.34. The van der Waals surface area contributed by atoms with Gasteiger partial charge < -0.3 is 13.9 Å². The Labute approximate surface area is 197 Å². The maximum atomic E-state index is 12.8. The van der Waals surface area contributed by atoms with Crippen LogP contribution in [-0.4, -0.2) is 11.2 Å². The molecule has 0 spiro atoms. The van der Waals surface area contributed by atoms with E-state index in [1.54, 1.807) is 6.07 Å². The van der Waals surface area contributed by atoms with Gasteiger partial charge in [0.25, 0.3) is 0 Å². The molecule has 0 radical (unpaired) electrons. The van der Waals surface area contributed by atoms with E-state index in [1.807, 2.05) is 58.0 Å². The Kier molecular flexibility index (Phi) is 7.68. The summed E-state index contributed by atoms with van der Waals surface area (Å²) < 4.78 is 17.5. The third-order valence-electron chi connectivity index (χ3n) is 5.69. The first-order valence-corrected chi connectivity index (χ1v) is 11.8. The van der Waals surface area contributed by atoms with Gasteiger partial charge in [0, 0.05) is 17.9 Å². The van der Waals surface area contributed by atoms with E-state index in [0.29, 0.717) is 23.3 Å². The molecule has 0 saturated carbocycles. The second-order valence-electron chi connectivity index (χ2n) is 9.88. The van der Waals surface area contributed by atoms with Crippen molar-refractivity contribution in [3.8, 4) is 16.9 Å². The van der Waals surface area contributed by atoms with Crippen molar-refractivity contribution in [1.82, 2.24) is 0 Å². The molecule has 1 aromatic heterocycles. The third-order valence-corrected chi connectivity index (χ3v) is 5.69. The predicted octanol–water partition coefficient (Wildman–Crippen LogP) is 7.68. The van der Waals surface area contributed by atoms with Gasteiger partial charge in [-0.25, -0.2) is 4.79 Å². The highest BCUT2D eigenvalue weighted by molar-refractivity contribution is 5.82. The molecule has 4 heteroatoms. The summed E-state index contributed by atoms with van der Waals surface area (Å²) in [6, 6.07) is 15.7. The summed E-state index contributed by atoms with van der Waals surface area (Å²) in [5.41, 5.74) is 2.00. The van der Waals surface area contributed by atoms with Crippen molar-refractivity contribution in [3.63, 3.8) is 0 Å². The Hall–Kier alpha value is -3.01. The SMILES string of the molecule is C=COC(C)(C)CC(C)(C)Oc1ccc2cc(-c3ccc(CCCCC)cc3)c(=O)oc2c1. The van der Waals surface area contributed by atoms with Gasteiger partial charge in [0.05, 0.1) is 11.8 Å². The Bertz CT molecular complexity index is 1140. The van der Waals surface area contributed by atoms with Gasteiger partial charge in [-0.2, -0.15) is 0 Å². The highest BCUT2D eigenvalue weighted by Gasteiger charge is 2.31. The Morgan fingerprint density at radius 3 is 2.36 bits per heavy atom. The van der Waals surface area contributed by atoms with Crippen molar-refractivity contribution in [3.05, 3.63) is 77.4 Å². The van der Waals surface area contributed by atoms with Gasteiger partial charge in [0.15, 0.2) is 0 Å². The van der Waals surface area contributed by atoms with Crippen LogP contribution in [0.15, 0.2) is 70.6 Å². The minimum Gasteiger partial charge on any atom is -0.496 e. The second-order valence-corrected chi connectivity index (χ2v) is 9.88. The van der Waals surface area contributed by atoms with Gasteiger partial charge in [-0.15, -0.1) is 0 Å². The zero-order valence-corrected chi connectivity index (χ0v) is 20.6. The van der Waals surface area contributed by atoms with E-state index >= 15 is 0 Å². The molecule has 0 N–H and O–H groups in total. The maximum Gasteiger partial charge on any atom is 0.344 e. The molecule has 0 aliphatic carbocycles. The molecule has 4 nitrogen and oxygen atoms in total. The number of hydrogen-bond acceptors (Lipinski definition) is 4. The summed E-state index contributed by atoms with van der Waals surface area (Å²) in [6.45, 7) is 13.9. The van der Waals surface area contributed by atoms with Crippen LogP contribution in [0.2, 0.25) is 0 Å². The molecule has 0 aliphatic rings. The van der Waals surface area contributed by atoms with E-state index in [-0.39, 0.29) is 5.63 Å². The Morgan fingerprint density at radius 1 is 0.970 bits per heavy atom. The summed E-state index contributed by atoms with van der Waals surface area (Å²) in [5, 5.41) is 0.858. The number of rotatable bonds is 11. The minimum absolute atomic E-state index is 0.349. The molecule has 0 amide bonds. The monoisotopic (exact) mass is 448 g/mol. The van der Waals surface area contributed by atoms with Gasteiger partial charge in [-0.05, 0) is 69.9 Å². The molecule has 3 aromatic rings. The van der Waals surface area contributed by atoms with E-state index in [0.717, 1.165) is 17.4 Å². The van der Waals surface area contributed by atoms with E-state index in [4.69, 9.17) is 13.9 Å². The van der Waals surface area contributed by atoms with Crippen LogP contribution in [0.5, 0.6) is 5.75 Å². The van der Waals surface area contributed by atoms with E-state index in [2.05, 4.69) is 25.6 Å². The minimum atomic E-state index is -0.487. The van der Waals surface area contributed by atoms with Crippen molar-refractivity contribution >= 4 is 11.0 Å². The third kappa shape index (κ3) is 6.74. The van der Waals surface area contributed by atoms with E-state index in [9.17, 15) is 4.79 Å². The maximum absolute atomic E-state index is 12.8. The number of aryl methyl sites for hydroxylation is 1. The average Bonchev–Trinajstić information content (AvgIpc) is 2.73. The normalized spacial score (nSPS) is 12.0. The van der Waals surface area contributed by atoms with Crippen LogP contribution in [0.3, 0.4) is 0 Å². The van der Waals surface area contributed by atoms with Crippen LogP contribution in [0.4, 0.5) is 0 Å². The van der Waals surface area contributed by atoms with Crippen LogP contribution in [0.1, 0.15) is 65.9 Å². The largest absolute Gasteiger partial charge is 0.496 e. The van der Waals surface area contributed by atoms with Crippen LogP contribution >= 0.6 is 0 Å². The smallest absolute Gasteiger partial charge is 0.344 e. The summed E-state index contributed by atoms with van der Waals surface area (Å²) in [7, 11) is 0. The molecule has 0 atom stereocenters. The first kappa shape index (κ1) is 24.6. The highest BCUT2D eigenvalue weighted by atomic mass is 16.5. The zero-order chi connectivity index (χ0) is 24.1. The number of benzene rings is 2. The molecule has 0 fully saturated rings. The first-order chi connectivity index (χ1) is 15.6. The molecular formula is C29H36O4. The van der Waals surface area contributed by atoms with Crippen molar-refractivity contribution in [2.45, 2.75) is 77.9 Å². The van der Waals surface area contributed by atoms with Gasteiger partial charge in [-0.3, -0.25) is 0 Å². The van der Waals surface area contributed by atoms with E-state index in [1.165, 1.54) is 31.1 Å². The standard InChI is InChI=1S/C29H36O4/c1-7-9-10-11-21-12-14-22(15-13-21)25-18-23-16-17-24(19-26(23)32-27(25)30)33-29(5,6)20-28(3,4)31-8-2/h8,12-19H,2,7,9-11,20H2,1,3-6H3. The predicted molar refractivity (Wildman–Crippen MR) is 136 cm³/mol. The quantitative estimate of drug-likeness (QED) is 0.171. The van der Waals surface area contributed by atoms with Crippen molar-refractivity contribution in [1.29, 1.82) is 0 Å². The molecule has 1 heterocycles. The number of unbranched alkanes of at least 4 members (excludes halogenated alkanes) is 2. The number of ether oxygens (including phenoxy) is 2. The lowest BCUT2D eigenvalue weighted by atomic mass is 9.92. The molecule has 0 aliphatic heterocycles. The second kappa shape index (κ2) is 10.3. The first-order valence-electron chi connectivity index (χ1n) is 11.8. The Morgan fingerprint density at radius 2 is 1.70 bits per heavy atom. The van der Waals surface area contributed by atoms with Crippen LogP contribution in [0.25, 0.3) is 22.1 Å². The van der Waals surface area contributed by atoms with Gasteiger partial charge >= 0.3 is 5.63 Å².